The Labute approximate surface area is 121 Å². The van der Waals surface area contributed by atoms with Crippen LogP contribution in [0.25, 0.3) is 11.0 Å². The van der Waals surface area contributed by atoms with E-state index in [1.54, 1.807) is 19.1 Å². The minimum atomic E-state index is -0.736. The van der Waals surface area contributed by atoms with Crippen molar-refractivity contribution in [1.29, 1.82) is 0 Å². The average Bonchev–Trinajstić information content (AvgIpc) is 2.48. The fraction of sp³-hybridized carbons (Fsp3) is 0.400. The van der Waals surface area contributed by atoms with E-state index in [2.05, 4.69) is 0 Å². The van der Waals surface area contributed by atoms with Gasteiger partial charge in [0.05, 0.1) is 18.1 Å². The summed E-state index contributed by atoms with van der Waals surface area (Å²) < 4.78 is 15.8. The summed E-state index contributed by atoms with van der Waals surface area (Å²) >= 11 is 0. The number of ether oxygens (including phenoxy) is 2. The van der Waals surface area contributed by atoms with Crippen molar-refractivity contribution >= 4 is 11.0 Å². The number of hydrogen-bond acceptors (Lipinski definition) is 6. The molecule has 1 aromatic heterocycles. The van der Waals surface area contributed by atoms with Crippen LogP contribution in [-0.2, 0) is 0 Å². The number of aromatic hydroxyl groups is 1. The van der Waals surface area contributed by atoms with Crippen LogP contribution in [0.15, 0.2) is 27.4 Å². The molecule has 21 heavy (non-hydrogen) atoms. The largest absolute Gasteiger partial charge is 0.504 e. The zero-order chi connectivity index (χ0) is 15.4. The number of aliphatic hydroxyl groups excluding tert-OH is 1. The van der Waals surface area contributed by atoms with Crippen LogP contribution in [0, 0.1) is 0 Å². The van der Waals surface area contributed by atoms with Gasteiger partial charge in [-0.2, -0.15) is 0 Å². The monoisotopic (exact) mass is 294 g/mol. The smallest absolute Gasteiger partial charge is 0.383 e. The molecular weight excluding hydrogens is 276 g/mol. The molecule has 1 heterocycles. The van der Waals surface area contributed by atoms with Gasteiger partial charge in [-0.05, 0) is 25.5 Å². The summed E-state index contributed by atoms with van der Waals surface area (Å²) in [6, 6.07) is 4.67. The maximum atomic E-state index is 11.9. The lowest BCUT2D eigenvalue weighted by atomic mass is 10.2. The molecule has 0 fully saturated rings. The van der Waals surface area contributed by atoms with Gasteiger partial charge in [0.25, 0.3) is 0 Å². The zero-order valence-corrected chi connectivity index (χ0v) is 12.0. The maximum Gasteiger partial charge on any atom is 0.383 e. The van der Waals surface area contributed by atoms with Gasteiger partial charge in [-0.25, -0.2) is 4.79 Å². The minimum absolute atomic E-state index is 0.116. The standard InChI is InChI=1S/C15H18O6/c1-3-9(2)20-14-13(17)11-5-4-10(19-7-6-16)8-12(11)21-15(14)18/h4-5,8-9,16-17H,3,6-7H2,1-2H3. The molecule has 0 aliphatic carbocycles. The molecule has 114 valence electrons. The Morgan fingerprint density at radius 1 is 1.38 bits per heavy atom. The van der Waals surface area contributed by atoms with Crippen LogP contribution in [0.4, 0.5) is 0 Å². The van der Waals surface area contributed by atoms with Crippen molar-refractivity contribution in [3.63, 3.8) is 0 Å². The summed E-state index contributed by atoms with van der Waals surface area (Å²) in [7, 11) is 0. The maximum absolute atomic E-state index is 11.9. The summed E-state index contributed by atoms with van der Waals surface area (Å²) in [6.45, 7) is 3.73. The molecule has 0 radical (unpaired) electrons. The Bertz CT molecular complexity index is 676. The van der Waals surface area contributed by atoms with Crippen molar-refractivity contribution < 1.29 is 24.1 Å². The van der Waals surface area contributed by atoms with Crippen molar-refractivity contribution in [2.24, 2.45) is 0 Å². The van der Waals surface area contributed by atoms with E-state index < -0.39 is 5.63 Å². The van der Waals surface area contributed by atoms with Gasteiger partial charge in [0.15, 0.2) is 5.75 Å². The third kappa shape index (κ3) is 3.28. The lowest BCUT2D eigenvalue weighted by Crippen LogP contribution is -2.15. The molecule has 1 aromatic carbocycles. The number of aliphatic hydroxyl groups is 1. The normalized spacial score (nSPS) is 12.3. The first-order chi connectivity index (χ1) is 10.1. The first-order valence-corrected chi connectivity index (χ1v) is 6.77. The SMILES string of the molecule is CCC(C)Oc1c(O)c2ccc(OCCO)cc2oc1=O. The molecule has 0 bridgehead atoms. The van der Waals surface area contributed by atoms with Crippen LogP contribution < -0.4 is 15.1 Å². The van der Waals surface area contributed by atoms with Crippen LogP contribution in [0.3, 0.4) is 0 Å². The molecule has 2 rings (SSSR count). The molecule has 6 nitrogen and oxygen atoms in total. The number of rotatable bonds is 6. The highest BCUT2D eigenvalue weighted by molar-refractivity contribution is 5.86. The lowest BCUT2D eigenvalue weighted by Gasteiger charge is -2.13. The Kier molecular flexibility index (Phi) is 4.70. The third-order valence-electron chi connectivity index (χ3n) is 3.07. The van der Waals surface area contributed by atoms with Gasteiger partial charge in [-0.3, -0.25) is 0 Å². The van der Waals surface area contributed by atoms with Gasteiger partial charge in [0.1, 0.15) is 17.9 Å². The highest BCUT2D eigenvalue weighted by Crippen LogP contribution is 2.33. The predicted molar refractivity (Wildman–Crippen MR) is 77.1 cm³/mol. The molecule has 0 amide bonds. The Morgan fingerprint density at radius 2 is 2.14 bits per heavy atom. The molecule has 2 aromatic rings. The molecule has 0 saturated carbocycles. The molecule has 2 N–H and O–H groups in total. The van der Waals surface area contributed by atoms with Crippen molar-refractivity contribution in [2.45, 2.75) is 26.4 Å². The first kappa shape index (κ1) is 15.2. The van der Waals surface area contributed by atoms with E-state index in [-0.39, 0.29) is 36.4 Å². The summed E-state index contributed by atoms with van der Waals surface area (Å²) in [5.41, 5.74) is -0.538. The molecule has 6 heteroatoms. The van der Waals surface area contributed by atoms with Gasteiger partial charge in [-0.1, -0.05) is 6.92 Å². The van der Waals surface area contributed by atoms with Crippen molar-refractivity contribution in [1.82, 2.24) is 0 Å². The van der Waals surface area contributed by atoms with E-state index >= 15 is 0 Å². The third-order valence-corrected chi connectivity index (χ3v) is 3.07. The van der Waals surface area contributed by atoms with Crippen LogP contribution >= 0.6 is 0 Å². The second-order valence-electron chi connectivity index (χ2n) is 4.63. The van der Waals surface area contributed by atoms with E-state index in [9.17, 15) is 9.90 Å². The molecule has 1 atom stereocenters. The van der Waals surface area contributed by atoms with E-state index in [1.807, 2.05) is 6.92 Å². The van der Waals surface area contributed by atoms with Crippen LogP contribution in [0.5, 0.6) is 17.2 Å². The van der Waals surface area contributed by atoms with Crippen molar-refractivity contribution in [3.8, 4) is 17.2 Å². The molecule has 0 spiro atoms. The fourth-order valence-corrected chi connectivity index (χ4v) is 1.79. The van der Waals surface area contributed by atoms with Gasteiger partial charge >= 0.3 is 5.63 Å². The van der Waals surface area contributed by atoms with Crippen molar-refractivity contribution in [2.75, 3.05) is 13.2 Å². The van der Waals surface area contributed by atoms with Gasteiger partial charge in [-0.15, -0.1) is 0 Å². The van der Waals surface area contributed by atoms with E-state index in [4.69, 9.17) is 19.0 Å². The molecule has 0 aliphatic rings. The zero-order valence-electron chi connectivity index (χ0n) is 12.0. The molecule has 0 aliphatic heterocycles. The minimum Gasteiger partial charge on any atom is -0.504 e. The number of hydrogen-bond donors (Lipinski definition) is 2. The summed E-state index contributed by atoms with van der Waals surface area (Å²) in [5.74, 6) is 0.0193. The highest BCUT2D eigenvalue weighted by atomic mass is 16.5. The summed E-state index contributed by atoms with van der Waals surface area (Å²) in [6.07, 6.45) is 0.494. The summed E-state index contributed by atoms with van der Waals surface area (Å²) in [4.78, 5) is 11.9. The fourth-order valence-electron chi connectivity index (χ4n) is 1.79. The predicted octanol–water partition coefficient (Wildman–Crippen LogP) is 2.05. The van der Waals surface area contributed by atoms with Gasteiger partial charge < -0.3 is 24.1 Å². The van der Waals surface area contributed by atoms with E-state index in [0.29, 0.717) is 17.6 Å². The second kappa shape index (κ2) is 6.49. The Hall–Kier alpha value is -2.21. The second-order valence-corrected chi connectivity index (χ2v) is 4.63. The Morgan fingerprint density at radius 3 is 2.81 bits per heavy atom. The topological polar surface area (TPSA) is 89.1 Å². The molecular formula is C15H18O6. The van der Waals surface area contributed by atoms with E-state index in [1.165, 1.54) is 6.07 Å². The van der Waals surface area contributed by atoms with Gasteiger partial charge in [0.2, 0.25) is 5.75 Å². The number of benzene rings is 1. The van der Waals surface area contributed by atoms with Crippen LogP contribution in [0.2, 0.25) is 0 Å². The lowest BCUT2D eigenvalue weighted by molar-refractivity contribution is 0.199. The van der Waals surface area contributed by atoms with Crippen molar-refractivity contribution in [3.05, 3.63) is 28.6 Å². The Balaban J connectivity index is 2.45. The quantitative estimate of drug-likeness (QED) is 0.793. The van der Waals surface area contributed by atoms with Gasteiger partial charge in [0, 0.05) is 6.07 Å². The average molecular weight is 294 g/mol. The first-order valence-electron chi connectivity index (χ1n) is 6.77. The highest BCUT2D eigenvalue weighted by Gasteiger charge is 2.17. The molecule has 1 unspecified atom stereocenters. The van der Waals surface area contributed by atoms with Crippen LogP contribution in [0.1, 0.15) is 20.3 Å². The number of fused-ring (bicyclic) bond motifs is 1. The summed E-state index contributed by atoms with van der Waals surface area (Å²) in [5, 5.41) is 19.3. The van der Waals surface area contributed by atoms with E-state index in [0.717, 1.165) is 0 Å². The molecule has 0 saturated heterocycles. The van der Waals surface area contributed by atoms with Crippen LogP contribution in [-0.4, -0.2) is 29.5 Å².